The summed E-state index contributed by atoms with van der Waals surface area (Å²) in [5, 5.41) is 19.4. The molecule has 0 aliphatic carbocycles. The van der Waals surface area contributed by atoms with Crippen LogP contribution in [0.5, 0.6) is 0 Å². The van der Waals surface area contributed by atoms with Crippen LogP contribution < -0.4 is 0 Å². The van der Waals surface area contributed by atoms with E-state index in [1.165, 1.54) is 18.3 Å². The zero-order valence-corrected chi connectivity index (χ0v) is 9.89. The van der Waals surface area contributed by atoms with Crippen LogP contribution in [-0.4, -0.2) is 25.6 Å². The Labute approximate surface area is 108 Å². The van der Waals surface area contributed by atoms with Gasteiger partial charge in [-0.1, -0.05) is 12.1 Å². The molecule has 1 N–H and O–H groups in total. The number of carboxylic acid groups (broad SMARTS) is 1. The number of carbonyl (C=O) groups is 1. The minimum atomic E-state index is -0.904. The van der Waals surface area contributed by atoms with E-state index in [0.29, 0.717) is 11.4 Å². The number of hydrogen-bond acceptors (Lipinski definition) is 4. The van der Waals surface area contributed by atoms with E-state index in [2.05, 4.69) is 4.98 Å². The molecule has 98 valence electrons. The van der Waals surface area contributed by atoms with Gasteiger partial charge in [-0.3, -0.25) is 14.9 Å². The molecule has 0 bridgehead atoms. The lowest BCUT2D eigenvalue weighted by atomic mass is 10.2. The molecule has 0 aliphatic heterocycles. The number of nitro benzene ring substituents is 1. The molecule has 7 heteroatoms. The molecule has 0 unspecified atom stereocenters. The number of rotatable bonds is 5. The number of nitrogens with zero attached hydrogens (tertiary/aromatic N) is 3. The van der Waals surface area contributed by atoms with Gasteiger partial charge in [-0.25, -0.2) is 4.98 Å². The van der Waals surface area contributed by atoms with E-state index < -0.39 is 10.9 Å². The maximum absolute atomic E-state index is 10.7. The molecule has 0 amide bonds. The highest BCUT2D eigenvalue weighted by molar-refractivity contribution is 5.67. The molecule has 0 saturated heterocycles. The summed E-state index contributed by atoms with van der Waals surface area (Å²) in [4.78, 5) is 24.9. The number of carboxylic acids is 1. The van der Waals surface area contributed by atoms with Crippen molar-refractivity contribution in [3.8, 4) is 11.4 Å². The van der Waals surface area contributed by atoms with Gasteiger partial charge in [0.1, 0.15) is 5.82 Å². The Kier molecular flexibility index (Phi) is 3.56. The molecule has 0 radical (unpaired) electrons. The van der Waals surface area contributed by atoms with E-state index in [9.17, 15) is 14.9 Å². The molecule has 0 spiro atoms. The number of hydrogen-bond donors (Lipinski definition) is 1. The topological polar surface area (TPSA) is 98.3 Å². The SMILES string of the molecule is O=C(O)CCn1ccnc1-c1cccc([N+](=O)[O-])c1. The first-order chi connectivity index (χ1) is 9.08. The second-order valence-corrected chi connectivity index (χ2v) is 3.90. The number of benzene rings is 1. The Morgan fingerprint density at radius 3 is 2.95 bits per heavy atom. The maximum Gasteiger partial charge on any atom is 0.305 e. The third kappa shape index (κ3) is 2.95. The first kappa shape index (κ1) is 12.7. The van der Waals surface area contributed by atoms with E-state index in [0.717, 1.165) is 0 Å². The Bertz CT molecular complexity index is 621. The van der Waals surface area contributed by atoms with Crippen molar-refractivity contribution in [3.63, 3.8) is 0 Å². The third-order valence-electron chi connectivity index (χ3n) is 2.60. The van der Waals surface area contributed by atoms with Crippen LogP contribution in [0.1, 0.15) is 6.42 Å². The molecular weight excluding hydrogens is 250 g/mol. The van der Waals surface area contributed by atoms with Gasteiger partial charge >= 0.3 is 5.97 Å². The highest BCUT2D eigenvalue weighted by Gasteiger charge is 2.11. The number of nitro groups is 1. The molecule has 2 aromatic rings. The van der Waals surface area contributed by atoms with Crippen LogP contribution in [0.2, 0.25) is 0 Å². The average molecular weight is 261 g/mol. The van der Waals surface area contributed by atoms with Gasteiger partial charge in [0.15, 0.2) is 0 Å². The van der Waals surface area contributed by atoms with Crippen LogP contribution in [0.4, 0.5) is 5.69 Å². The number of aromatic nitrogens is 2. The summed E-state index contributed by atoms with van der Waals surface area (Å²) >= 11 is 0. The summed E-state index contributed by atoms with van der Waals surface area (Å²) in [6.07, 6.45) is 3.16. The highest BCUT2D eigenvalue weighted by atomic mass is 16.6. The molecule has 1 aromatic carbocycles. The Balaban J connectivity index is 2.31. The first-order valence-electron chi connectivity index (χ1n) is 5.55. The number of imidazole rings is 1. The average Bonchev–Trinajstić information content (AvgIpc) is 2.84. The summed E-state index contributed by atoms with van der Waals surface area (Å²) < 4.78 is 1.66. The zero-order valence-electron chi connectivity index (χ0n) is 9.89. The zero-order chi connectivity index (χ0) is 13.8. The second-order valence-electron chi connectivity index (χ2n) is 3.90. The lowest BCUT2D eigenvalue weighted by molar-refractivity contribution is -0.384. The molecule has 0 saturated carbocycles. The van der Waals surface area contributed by atoms with Crippen molar-refractivity contribution in [1.82, 2.24) is 9.55 Å². The van der Waals surface area contributed by atoms with Crippen molar-refractivity contribution in [3.05, 3.63) is 46.8 Å². The summed E-state index contributed by atoms with van der Waals surface area (Å²) in [5.74, 6) is -0.386. The predicted molar refractivity (Wildman–Crippen MR) is 66.6 cm³/mol. The van der Waals surface area contributed by atoms with Crippen LogP contribution in [-0.2, 0) is 11.3 Å². The van der Waals surface area contributed by atoms with Crippen LogP contribution >= 0.6 is 0 Å². The summed E-state index contributed by atoms with van der Waals surface area (Å²) in [6.45, 7) is 0.271. The van der Waals surface area contributed by atoms with Gasteiger partial charge in [-0.15, -0.1) is 0 Å². The summed E-state index contributed by atoms with van der Waals surface area (Å²) in [6, 6.07) is 6.09. The number of aliphatic carboxylic acids is 1. The Hall–Kier alpha value is -2.70. The molecule has 1 aromatic heterocycles. The van der Waals surface area contributed by atoms with E-state index in [4.69, 9.17) is 5.11 Å². The van der Waals surface area contributed by atoms with Gasteiger partial charge in [0.25, 0.3) is 5.69 Å². The molecule has 0 atom stereocenters. The fourth-order valence-electron chi connectivity index (χ4n) is 1.72. The van der Waals surface area contributed by atoms with Gasteiger partial charge in [-0.2, -0.15) is 0 Å². The fourth-order valence-corrected chi connectivity index (χ4v) is 1.72. The number of aryl methyl sites for hydroxylation is 1. The van der Waals surface area contributed by atoms with Crippen LogP contribution in [0.15, 0.2) is 36.7 Å². The molecular formula is C12H11N3O4. The number of non-ortho nitro benzene ring substituents is 1. The fraction of sp³-hybridized carbons (Fsp3) is 0.167. The first-order valence-corrected chi connectivity index (χ1v) is 5.55. The lowest BCUT2D eigenvalue weighted by Crippen LogP contribution is -2.05. The summed E-state index contributed by atoms with van der Waals surface area (Å²) in [7, 11) is 0. The van der Waals surface area contributed by atoms with Crippen molar-refractivity contribution in [1.29, 1.82) is 0 Å². The molecule has 0 aliphatic rings. The van der Waals surface area contributed by atoms with Gasteiger partial charge in [0.2, 0.25) is 0 Å². The molecule has 1 heterocycles. The Morgan fingerprint density at radius 2 is 2.26 bits per heavy atom. The maximum atomic E-state index is 10.7. The standard InChI is InChI=1S/C12H11N3O4/c16-11(17)4-6-14-7-5-13-12(14)9-2-1-3-10(8-9)15(18)19/h1-3,5,7-8H,4,6H2,(H,16,17). The van der Waals surface area contributed by atoms with Crippen molar-refractivity contribution in [2.45, 2.75) is 13.0 Å². The van der Waals surface area contributed by atoms with Gasteiger partial charge in [-0.05, 0) is 0 Å². The van der Waals surface area contributed by atoms with Crippen LogP contribution in [0, 0.1) is 10.1 Å². The van der Waals surface area contributed by atoms with Gasteiger partial charge < -0.3 is 9.67 Å². The second kappa shape index (κ2) is 5.30. The van der Waals surface area contributed by atoms with E-state index in [1.807, 2.05) is 0 Å². The Morgan fingerprint density at radius 1 is 1.47 bits per heavy atom. The van der Waals surface area contributed by atoms with Crippen molar-refractivity contribution >= 4 is 11.7 Å². The van der Waals surface area contributed by atoms with E-state index in [1.54, 1.807) is 22.9 Å². The smallest absolute Gasteiger partial charge is 0.305 e. The lowest BCUT2D eigenvalue weighted by Gasteiger charge is -2.06. The third-order valence-corrected chi connectivity index (χ3v) is 2.60. The monoisotopic (exact) mass is 261 g/mol. The largest absolute Gasteiger partial charge is 0.481 e. The predicted octanol–water partition coefficient (Wildman–Crippen LogP) is 1.93. The quantitative estimate of drug-likeness (QED) is 0.655. The van der Waals surface area contributed by atoms with Crippen molar-refractivity contribution in [2.24, 2.45) is 0 Å². The van der Waals surface area contributed by atoms with Gasteiger partial charge in [0, 0.05) is 36.6 Å². The minimum Gasteiger partial charge on any atom is -0.481 e. The minimum absolute atomic E-state index is 0.0229. The van der Waals surface area contributed by atoms with E-state index >= 15 is 0 Å². The molecule has 7 nitrogen and oxygen atoms in total. The molecule has 2 rings (SSSR count). The van der Waals surface area contributed by atoms with Gasteiger partial charge in [0.05, 0.1) is 11.3 Å². The molecule has 0 fully saturated rings. The van der Waals surface area contributed by atoms with E-state index in [-0.39, 0.29) is 18.7 Å². The van der Waals surface area contributed by atoms with Crippen LogP contribution in [0.25, 0.3) is 11.4 Å². The highest BCUT2D eigenvalue weighted by Crippen LogP contribution is 2.22. The molecule has 19 heavy (non-hydrogen) atoms. The van der Waals surface area contributed by atoms with Crippen LogP contribution in [0.3, 0.4) is 0 Å². The van der Waals surface area contributed by atoms with Crippen molar-refractivity contribution in [2.75, 3.05) is 0 Å². The normalized spacial score (nSPS) is 10.3. The van der Waals surface area contributed by atoms with Crippen molar-refractivity contribution < 1.29 is 14.8 Å². The summed E-state index contributed by atoms with van der Waals surface area (Å²) in [5.41, 5.74) is 0.565.